The molecule has 0 heterocycles. The molecule has 2 rings (SSSR count). The number of benzene rings is 2. The van der Waals surface area contributed by atoms with Gasteiger partial charge in [-0.15, -0.1) is 0 Å². The van der Waals surface area contributed by atoms with E-state index in [0.29, 0.717) is 11.1 Å². The predicted octanol–water partition coefficient (Wildman–Crippen LogP) is 0.205. The van der Waals surface area contributed by atoms with E-state index in [1.54, 1.807) is 24.3 Å². The minimum absolute atomic E-state index is 0.0689. The van der Waals surface area contributed by atoms with Crippen molar-refractivity contribution in [2.75, 3.05) is 5.73 Å². The molecule has 9 nitrogen and oxygen atoms in total. The number of nitrogens with two attached hydrogens (primary N) is 2. The highest BCUT2D eigenvalue weighted by atomic mass is 19.1. The van der Waals surface area contributed by atoms with E-state index in [1.165, 1.54) is 12.1 Å². The fraction of sp³-hybridized carbons (Fsp3) is 0.167. The second-order valence-corrected chi connectivity index (χ2v) is 5.56. The molecule has 0 radical (unpaired) electrons. The normalized spacial score (nSPS) is 13.2. The number of nitrogens with zero attached hydrogens (tertiary/aromatic N) is 1. The molecular weight excluding hydrogens is 373 g/mol. The molecule has 10 heteroatoms. The number of carboxylic acid groups (broad SMARTS) is 2. The van der Waals surface area contributed by atoms with E-state index in [4.69, 9.17) is 37.2 Å². The third kappa shape index (κ3) is 6.03. The van der Waals surface area contributed by atoms with Gasteiger partial charge in [0.25, 0.3) is 0 Å². The van der Waals surface area contributed by atoms with Crippen LogP contribution in [-0.4, -0.2) is 44.6 Å². The van der Waals surface area contributed by atoms with Gasteiger partial charge in [0.15, 0.2) is 12.2 Å². The van der Waals surface area contributed by atoms with Crippen molar-refractivity contribution in [3.8, 4) is 6.07 Å². The molecule has 0 aliphatic heterocycles. The summed E-state index contributed by atoms with van der Waals surface area (Å²) in [7, 11) is 0. The number of carbonyl (C=O) groups is 2. The van der Waals surface area contributed by atoms with Gasteiger partial charge in [-0.25, -0.2) is 14.0 Å². The fourth-order valence-electron chi connectivity index (χ4n) is 2.02. The molecule has 0 aliphatic carbocycles. The SMILES string of the molecule is N#Cc1cccc([C@@H](N)c2ccc(F)c(N)c2)c1.O=C(O)[C@@H](O)[C@H](O)C(=O)O. The number of rotatable bonds is 5. The quantitative estimate of drug-likeness (QED) is 0.386. The van der Waals surface area contributed by atoms with Crippen LogP contribution in [0.25, 0.3) is 0 Å². The number of aliphatic hydroxyl groups excluding tert-OH is 2. The van der Waals surface area contributed by atoms with Gasteiger partial charge in [-0.1, -0.05) is 18.2 Å². The van der Waals surface area contributed by atoms with E-state index in [0.717, 1.165) is 5.56 Å². The van der Waals surface area contributed by atoms with Crippen molar-refractivity contribution in [3.05, 3.63) is 65.0 Å². The summed E-state index contributed by atoms with van der Waals surface area (Å²) in [6.07, 6.45) is -4.53. The Morgan fingerprint density at radius 1 is 1.00 bits per heavy atom. The van der Waals surface area contributed by atoms with Crippen LogP contribution in [0.3, 0.4) is 0 Å². The lowest BCUT2D eigenvalue weighted by Gasteiger charge is -2.13. The number of nitriles is 1. The van der Waals surface area contributed by atoms with Crippen molar-refractivity contribution in [2.24, 2.45) is 5.73 Å². The molecule has 2 aromatic carbocycles. The number of halogens is 1. The molecule has 28 heavy (non-hydrogen) atoms. The summed E-state index contributed by atoms with van der Waals surface area (Å²) < 4.78 is 13.1. The van der Waals surface area contributed by atoms with E-state index in [2.05, 4.69) is 6.07 Å². The number of aliphatic carboxylic acids is 2. The maximum atomic E-state index is 13.1. The van der Waals surface area contributed by atoms with Crippen LogP contribution in [0.1, 0.15) is 22.7 Å². The Morgan fingerprint density at radius 3 is 2.00 bits per heavy atom. The molecule has 0 fully saturated rings. The lowest BCUT2D eigenvalue weighted by Crippen LogP contribution is -2.39. The van der Waals surface area contributed by atoms with Crippen LogP contribution in [-0.2, 0) is 9.59 Å². The number of aliphatic hydroxyl groups is 2. The van der Waals surface area contributed by atoms with Crippen LogP contribution in [0.4, 0.5) is 10.1 Å². The molecule has 0 aromatic heterocycles. The Hall–Kier alpha value is -3.52. The fourth-order valence-corrected chi connectivity index (χ4v) is 2.02. The van der Waals surface area contributed by atoms with Crippen molar-refractivity contribution >= 4 is 17.6 Å². The molecule has 0 saturated carbocycles. The second-order valence-electron chi connectivity index (χ2n) is 5.56. The smallest absolute Gasteiger partial charge is 0.335 e. The number of hydrogen-bond donors (Lipinski definition) is 6. The minimum Gasteiger partial charge on any atom is -0.479 e. The summed E-state index contributed by atoms with van der Waals surface area (Å²) in [5.74, 6) is -4.00. The minimum atomic E-state index is -2.27. The van der Waals surface area contributed by atoms with Crippen molar-refractivity contribution < 1.29 is 34.4 Å². The van der Waals surface area contributed by atoms with E-state index < -0.39 is 36.0 Å². The van der Waals surface area contributed by atoms with E-state index >= 15 is 0 Å². The molecule has 0 unspecified atom stereocenters. The molecule has 0 saturated heterocycles. The average Bonchev–Trinajstić information content (AvgIpc) is 2.68. The monoisotopic (exact) mass is 391 g/mol. The van der Waals surface area contributed by atoms with Gasteiger partial charge < -0.3 is 31.9 Å². The lowest BCUT2D eigenvalue weighted by molar-refractivity contribution is -0.165. The van der Waals surface area contributed by atoms with Gasteiger partial charge in [-0.05, 0) is 35.4 Å². The maximum absolute atomic E-state index is 13.1. The Labute approximate surface area is 158 Å². The van der Waals surface area contributed by atoms with Crippen LogP contribution in [0, 0.1) is 17.1 Å². The summed E-state index contributed by atoms with van der Waals surface area (Å²) in [6, 6.07) is 13.0. The van der Waals surface area contributed by atoms with Gasteiger partial charge in [0, 0.05) is 0 Å². The zero-order valence-electron chi connectivity index (χ0n) is 14.4. The molecule has 3 atom stereocenters. The van der Waals surface area contributed by atoms with Gasteiger partial charge in [0.05, 0.1) is 23.4 Å². The van der Waals surface area contributed by atoms with Crippen LogP contribution in [0.2, 0.25) is 0 Å². The van der Waals surface area contributed by atoms with Crippen molar-refractivity contribution in [3.63, 3.8) is 0 Å². The lowest BCUT2D eigenvalue weighted by atomic mass is 9.98. The van der Waals surface area contributed by atoms with E-state index in [1.807, 2.05) is 6.07 Å². The topological polar surface area (TPSA) is 191 Å². The third-order valence-electron chi connectivity index (χ3n) is 3.56. The largest absolute Gasteiger partial charge is 0.479 e. The van der Waals surface area contributed by atoms with E-state index in [9.17, 15) is 14.0 Å². The first kappa shape index (κ1) is 22.5. The summed E-state index contributed by atoms with van der Waals surface area (Å²) >= 11 is 0. The molecule has 2 aromatic rings. The Balaban J connectivity index is 0.000000336. The summed E-state index contributed by atoms with van der Waals surface area (Å²) in [6.45, 7) is 0. The Bertz CT molecular complexity index is 881. The molecule has 0 bridgehead atoms. The molecule has 148 valence electrons. The second kappa shape index (κ2) is 9.98. The Morgan fingerprint density at radius 2 is 1.54 bits per heavy atom. The summed E-state index contributed by atoms with van der Waals surface area (Å²) in [5, 5.41) is 41.4. The van der Waals surface area contributed by atoms with Gasteiger partial charge in [-0.3, -0.25) is 0 Å². The number of hydrogen-bond acceptors (Lipinski definition) is 7. The van der Waals surface area contributed by atoms with Crippen LogP contribution < -0.4 is 11.5 Å². The number of nitrogen functional groups attached to an aromatic ring is 1. The van der Waals surface area contributed by atoms with Crippen LogP contribution in [0.15, 0.2) is 42.5 Å². The molecule has 8 N–H and O–H groups in total. The predicted molar refractivity (Wildman–Crippen MR) is 95.3 cm³/mol. The third-order valence-corrected chi connectivity index (χ3v) is 3.56. The first-order chi connectivity index (χ1) is 13.1. The van der Waals surface area contributed by atoms with Crippen LogP contribution >= 0.6 is 0 Å². The van der Waals surface area contributed by atoms with Crippen molar-refractivity contribution in [1.29, 1.82) is 5.26 Å². The number of carboxylic acids is 2. The highest BCUT2D eigenvalue weighted by Gasteiger charge is 2.29. The standard InChI is InChI=1S/C14H12FN3.C4H6O6/c15-12-5-4-11(7-13(12)17)14(18)10-3-1-2-9(6-10)8-16;5-1(3(7)8)2(6)4(9)10/h1-7,14H,17-18H2;1-2,5-6H,(H,7,8)(H,9,10)/t14-;1-,2-/m10/s1. The van der Waals surface area contributed by atoms with Crippen molar-refractivity contribution in [1.82, 2.24) is 0 Å². The molecule has 0 spiro atoms. The van der Waals surface area contributed by atoms with E-state index in [-0.39, 0.29) is 5.69 Å². The van der Waals surface area contributed by atoms with Gasteiger partial charge in [-0.2, -0.15) is 5.26 Å². The zero-order chi connectivity index (χ0) is 21.4. The molecule has 0 aliphatic rings. The van der Waals surface area contributed by atoms with Crippen molar-refractivity contribution in [2.45, 2.75) is 18.2 Å². The van der Waals surface area contributed by atoms with Gasteiger partial charge in [0.1, 0.15) is 5.82 Å². The summed E-state index contributed by atoms with van der Waals surface area (Å²) in [5.41, 5.74) is 13.7. The summed E-state index contributed by atoms with van der Waals surface area (Å²) in [4.78, 5) is 19.5. The zero-order valence-corrected chi connectivity index (χ0v) is 14.4. The van der Waals surface area contributed by atoms with Gasteiger partial charge >= 0.3 is 11.9 Å². The number of anilines is 1. The maximum Gasteiger partial charge on any atom is 0.335 e. The highest BCUT2D eigenvalue weighted by molar-refractivity contribution is 5.83. The molecular formula is C18H18FN3O6. The molecule has 0 amide bonds. The highest BCUT2D eigenvalue weighted by Crippen LogP contribution is 2.23. The van der Waals surface area contributed by atoms with Gasteiger partial charge in [0.2, 0.25) is 0 Å². The van der Waals surface area contributed by atoms with Crippen LogP contribution in [0.5, 0.6) is 0 Å². The first-order valence-electron chi connectivity index (χ1n) is 7.70. The average molecular weight is 391 g/mol. The Kier molecular flexibility index (Phi) is 8.03. The first-order valence-corrected chi connectivity index (χ1v) is 7.70.